The van der Waals surface area contributed by atoms with Gasteiger partial charge in [-0.2, -0.15) is 0 Å². The minimum absolute atomic E-state index is 0.691. The molecule has 1 aliphatic heterocycles. The van der Waals surface area contributed by atoms with Crippen LogP contribution in [0.3, 0.4) is 0 Å². The smallest absolute Gasteiger partial charge is 0.130 e. The highest BCUT2D eigenvalue weighted by atomic mass is 16.5. The van der Waals surface area contributed by atoms with E-state index in [2.05, 4.69) is 26.1 Å². The Balaban J connectivity index is 2.48. The van der Waals surface area contributed by atoms with Crippen LogP contribution in [0.15, 0.2) is 42.7 Å². The first-order valence-electron chi connectivity index (χ1n) is 4.31. The molecule has 2 rings (SSSR count). The zero-order valence-corrected chi connectivity index (χ0v) is 7.76. The highest BCUT2D eigenvalue weighted by Crippen LogP contribution is 2.31. The van der Waals surface area contributed by atoms with Crippen molar-refractivity contribution in [3.63, 3.8) is 0 Å². The summed E-state index contributed by atoms with van der Waals surface area (Å²) in [6.45, 7) is 9.77. The van der Waals surface area contributed by atoms with E-state index in [-0.39, 0.29) is 0 Å². The molecular weight excluding hydrogens is 160 g/mol. The Labute approximate surface area is 78.3 Å². The first-order chi connectivity index (χ1) is 6.16. The van der Waals surface area contributed by atoms with Gasteiger partial charge in [-0.15, -0.1) is 0 Å². The Morgan fingerprint density at radius 3 is 2.85 bits per heavy atom. The Bertz CT molecular complexity index is 388. The minimum atomic E-state index is 0.691. The van der Waals surface area contributed by atoms with E-state index < -0.39 is 0 Å². The molecule has 0 fully saturated rings. The molecule has 0 aliphatic carbocycles. The van der Waals surface area contributed by atoms with E-state index in [1.807, 2.05) is 12.1 Å². The fourth-order valence-electron chi connectivity index (χ4n) is 1.48. The van der Waals surface area contributed by atoms with Gasteiger partial charge < -0.3 is 4.74 Å². The van der Waals surface area contributed by atoms with Gasteiger partial charge in [0.1, 0.15) is 11.5 Å². The lowest BCUT2D eigenvalue weighted by atomic mass is 10.00. The lowest BCUT2D eigenvalue weighted by Gasteiger charge is -2.20. The number of fused-ring (bicyclic) bond motifs is 1. The maximum Gasteiger partial charge on any atom is 0.130 e. The van der Waals surface area contributed by atoms with Gasteiger partial charge >= 0.3 is 0 Å². The predicted octanol–water partition coefficient (Wildman–Crippen LogP) is 3.00. The molecule has 1 aromatic carbocycles. The maximum atomic E-state index is 5.51. The molecule has 0 saturated heterocycles. The van der Waals surface area contributed by atoms with Gasteiger partial charge in [0, 0.05) is 6.42 Å². The average Bonchev–Trinajstić information content (AvgIpc) is 2.08. The number of benzene rings is 1. The standard InChI is InChI=1S/C12H12O/c1-8-4-5-12-11(6-8)7-9(2)10(3)13-12/h4-6H,2-3,7H2,1H3. The summed E-state index contributed by atoms with van der Waals surface area (Å²) in [5.74, 6) is 1.61. The number of allylic oxidation sites excluding steroid dienone is 1. The van der Waals surface area contributed by atoms with Crippen molar-refractivity contribution in [3.05, 3.63) is 53.8 Å². The van der Waals surface area contributed by atoms with Gasteiger partial charge in [0.05, 0.1) is 0 Å². The van der Waals surface area contributed by atoms with Crippen molar-refractivity contribution in [1.29, 1.82) is 0 Å². The summed E-state index contributed by atoms with van der Waals surface area (Å²) in [4.78, 5) is 0. The van der Waals surface area contributed by atoms with Gasteiger partial charge in [-0.25, -0.2) is 0 Å². The number of ether oxygens (including phenoxy) is 1. The molecule has 0 bridgehead atoms. The highest BCUT2D eigenvalue weighted by Gasteiger charge is 2.15. The van der Waals surface area contributed by atoms with Crippen LogP contribution >= 0.6 is 0 Å². The molecule has 0 N–H and O–H groups in total. The molecule has 0 amide bonds. The van der Waals surface area contributed by atoms with Gasteiger partial charge in [0.25, 0.3) is 0 Å². The summed E-state index contributed by atoms with van der Waals surface area (Å²) in [6.07, 6.45) is 0.857. The molecule has 0 saturated carbocycles. The number of hydrogen-bond acceptors (Lipinski definition) is 1. The summed E-state index contributed by atoms with van der Waals surface area (Å²) < 4.78 is 5.51. The minimum Gasteiger partial charge on any atom is -0.457 e. The van der Waals surface area contributed by atoms with Crippen LogP contribution in [0.2, 0.25) is 0 Å². The Kier molecular flexibility index (Phi) is 1.73. The van der Waals surface area contributed by atoms with E-state index in [4.69, 9.17) is 4.74 Å². The topological polar surface area (TPSA) is 9.23 Å². The quantitative estimate of drug-likeness (QED) is 0.584. The zero-order chi connectivity index (χ0) is 9.42. The van der Waals surface area contributed by atoms with Crippen molar-refractivity contribution >= 4 is 0 Å². The van der Waals surface area contributed by atoms with Crippen LogP contribution in [-0.4, -0.2) is 0 Å². The van der Waals surface area contributed by atoms with E-state index >= 15 is 0 Å². The summed E-state index contributed by atoms with van der Waals surface area (Å²) in [6, 6.07) is 6.16. The summed E-state index contributed by atoms with van der Waals surface area (Å²) in [5, 5.41) is 0. The lowest BCUT2D eigenvalue weighted by Crippen LogP contribution is -2.08. The van der Waals surface area contributed by atoms with Crippen LogP contribution in [0, 0.1) is 6.92 Å². The molecule has 0 aromatic heterocycles. The molecule has 1 heterocycles. The Hall–Kier alpha value is -1.50. The first-order valence-corrected chi connectivity index (χ1v) is 4.31. The zero-order valence-electron chi connectivity index (χ0n) is 7.76. The van der Waals surface area contributed by atoms with Crippen LogP contribution in [0.1, 0.15) is 11.1 Å². The molecule has 1 aliphatic rings. The predicted molar refractivity (Wildman–Crippen MR) is 53.8 cm³/mol. The lowest BCUT2D eigenvalue weighted by molar-refractivity contribution is 0.418. The van der Waals surface area contributed by atoms with Crippen LogP contribution in [0.4, 0.5) is 0 Å². The fraction of sp³-hybridized carbons (Fsp3) is 0.167. The second-order valence-electron chi connectivity index (χ2n) is 3.42. The molecule has 1 heteroatoms. The Morgan fingerprint density at radius 2 is 2.08 bits per heavy atom. The van der Waals surface area contributed by atoms with Crippen molar-refractivity contribution in [2.45, 2.75) is 13.3 Å². The molecular formula is C12H12O. The summed E-state index contributed by atoms with van der Waals surface area (Å²) in [5.41, 5.74) is 3.43. The van der Waals surface area contributed by atoms with E-state index in [1.54, 1.807) is 0 Å². The number of aryl methyl sites for hydroxylation is 1. The number of hydrogen-bond donors (Lipinski definition) is 0. The van der Waals surface area contributed by atoms with Crippen molar-refractivity contribution in [3.8, 4) is 5.75 Å². The van der Waals surface area contributed by atoms with E-state index in [9.17, 15) is 0 Å². The fourth-order valence-corrected chi connectivity index (χ4v) is 1.48. The van der Waals surface area contributed by atoms with Crippen molar-refractivity contribution in [2.75, 3.05) is 0 Å². The molecule has 0 atom stereocenters. The molecule has 0 unspecified atom stereocenters. The van der Waals surface area contributed by atoms with Gasteiger partial charge in [-0.3, -0.25) is 0 Å². The van der Waals surface area contributed by atoms with E-state index in [0.717, 1.165) is 17.7 Å². The second-order valence-corrected chi connectivity index (χ2v) is 3.42. The summed E-state index contributed by atoms with van der Waals surface area (Å²) >= 11 is 0. The largest absolute Gasteiger partial charge is 0.457 e. The van der Waals surface area contributed by atoms with E-state index in [1.165, 1.54) is 11.1 Å². The first kappa shape index (κ1) is 8.11. The average molecular weight is 172 g/mol. The van der Waals surface area contributed by atoms with Gasteiger partial charge in [-0.05, 0) is 24.1 Å². The van der Waals surface area contributed by atoms with Gasteiger partial charge in [-0.1, -0.05) is 30.9 Å². The van der Waals surface area contributed by atoms with Crippen LogP contribution < -0.4 is 4.74 Å². The molecule has 66 valence electrons. The molecule has 1 nitrogen and oxygen atoms in total. The molecule has 1 aromatic rings. The number of rotatable bonds is 0. The third kappa shape index (κ3) is 1.37. The van der Waals surface area contributed by atoms with Crippen molar-refractivity contribution in [1.82, 2.24) is 0 Å². The maximum absolute atomic E-state index is 5.51. The molecule has 13 heavy (non-hydrogen) atoms. The Morgan fingerprint density at radius 1 is 1.31 bits per heavy atom. The summed E-state index contributed by atoms with van der Waals surface area (Å²) in [7, 11) is 0. The monoisotopic (exact) mass is 172 g/mol. The third-order valence-electron chi connectivity index (χ3n) is 2.25. The molecule has 0 spiro atoms. The van der Waals surface area contributed by atoms with Gasteiger partial charge in [0.2, 0.25) is 0 Å². The normalized spacial score (nSPS) is 15.2. The molecule has 0 radical (unpaired) electrons. The van der Waals surface area contributed by atoms with Crippen molar-refractivity contribution in [2.24, 2.45) is 0 Å². The van der Waals surface area contributed by atoms with Crippen LogP contribution in [0.25, 0.3) is 0 Å². The van der Waals surface area contributed by atoms with Crippen LogP contribution in [0.5, 0.6) is 5.75 Å². The van der Waals surface area contributed by atoms with Crippen LogP contribution in [-0.2, 0) is 6.42 Å². The van der Waals surface area contributed by atoms with Gasteiger partial charge in [0.15, 0.2) is 0 Å². The third-order valence-corrected chi connectivity index (χ3v) is 2.25. The highest BCUT2D eigenvalue weighted by molar-refractivity contribution is 5.46. The SMILES string of the molecule is C=C1Cc2cc(C)ccc2OC1=C. The van der Waals surface area contributed by atoms with Crippen molar-refractivity contribution < 1.29 is 4.74 Å². The second kappa shape index (κ2) is 2.77. The van der Waals surface area contributed by atoms with E-state index in [0.29, 0.717) is 5.76 Å².